The van der Waals surface area contributed by atoms with Crippen LogP contribution < -0.4 is 5.32 Å². The van der Waals surface area contributed by atoms with Crippen molar-refractivity contribution in [1.29, 1.82) is 0 Å². The standard InChI is InChI=1S/C28H43NO3/c1-24(2)13-15-28(23(31)32-6)16-14-26(4)18(19(28)17-24)7-8-20-25(3)11-10-22(30)29-21(25)9-12-27(20,26)5/h7,19-21H,8-17H2,1-6H3,(H,29,30)/t19?,20?,21?,25-,26-,27-,28+/m1/s1. The third kappa shape index (κ3) is 2.73. The maximum Gasteiger partial charge on any atom is 0.312 e. The minimum Gasteiger partial charge on any atom is -0.469 e. The first-order chi connectivity index (χ1) is 14.9. The Morgan fingerprint density at radius 3 is 2.47 bits per heavy atom. The first kappa shape index (κ1) is 22.5. The quantitative estimate of drug-likeness (QED) is 0.413. The van der Waals surface area contributed by atoms with Crippen LogP contribution in [0.1, 0.15) is 98.8 Å². The van der Waals surface area contributed by atoms with Gasteiger partial charge in [-0.15, -0.1) is 0 Å². The maximum absolute atomic E-state index is 13.3. The van der Waals surface area contributed by atoms with Gasteiger partial charge in [-0.2, -0.15) is 0 Å². The normalized spacial score (nSPS) is 49.4. The molecule has 32 heavy (non-hydrogen) atoms. The first-order valence-corrected chi connectivity index (χ1v) is 13.0. The molecule has 1 saturated heterocycles. The van der Waals surface area contributed by atoms with E-state index in [4.69, 9.17) is 4.74 Å². The predicted octanol–water partition coefficient (Wildman–Crippen LogP) is 5.80. The van der Waals surface area contributed by atoms with Crippen LogP contribution in [0.2, 0.25) is 0 Å². The van der Waals surface area contributed by atoms with Crippen LogP contribution in [0.5, 0.6) is 0 Å². The Hall–Kier alpha value is -1.32. The monoisotopic (exact) mass is 441 g/mol. The number of methoxy groups -OCH3 is 1. The van der Waals surface area contributed by atoms with Crippen molar-refractivity contribution in [3.05, 3.63) is 11.6 Å². The summed E-state index contributed by atoms with van der Waals surface area (Å²) in [6.45, 7) is 12.3. The Morgan fingerprint density at radius 1 is 1.03 bits per heavy atom. The Balaban J connectivity index is 1.59. The van der Waals surface area contributed by atoms with Gasteiger partial charge in [0.15, 0.2) is 0 Å². The Bertz CT molecular complexity index is 876. The lowest BCUT2D eigenvalue weighted by molar-refractivity contribution is -0.175. The molecule has 1 N–H and O–H groups in total. The van der Waals surface area contributed by atoms with Crippen molar-refractivity contribution in [2.45, 2.75) is 105 Å². The number of nitrogens with one attached hydrogen (secondary N) is 1. The summed E-state index contributed by atoms with van der Waals surface area (Å²) in [5.74, 6) is 1.13. The molecule has 0 aromatic rings. The number of hydrogen-bond acceptors (Lipinski definition) is 3. The molecule has 3 unspecified atom stereocenters. The fourth-order valence-electron chi connectivity index (χ4n) is 9.42. The summed E-state index contributed by atoms with van der Waals surface area (Å²) in [5.41, 5.74) is 1.97. The Kier molecular flexibility index (Phi) is 4.81. The lowest BCUT2D eigenvalue weighted by atomic mass is 9.36. The molecule has 1 aliphatic heterocycles. The van der Waals surface area contributed by atoms with E-state index in [1.807, 2.05) is 0 Å². The number of rotatable bonds is 1. The fourth-order valence-corrected chi connectivity index (χ4v) is 9.42. The van der Waals surface area contributed by atoms with Gasteiger partial charge in [-0.25, -0.2) is 0 Å². The van der Waals surface area contributed by atoms with Crippen molar-refractivity contribution >= 4 is 11.9 Å². The summed E-state index contributed by atoms with van der Waals surface area (Å²) >= 11 is 0. The van der Waals surface area contributed by atoms with Crippen molar-refractivity contribution in [3.63, 3.8) is 0 Å². The Labute approximate surface area is 194 Å². The van der Waals surface area contributed by atoms with Crippen LogP contribution in [-0.2, 0) is 14.3 Å². The van der Waals surface area contributed by atoms with E-state index in [2.05, 4.69) is 46.0 Å². The summed E-state index contributed by atoms with van der Waals surface area (Å²) in [6.07, 6.45) is 12.7. The molecule has 0 bridgehead atoms. The molecule has 0 aromatic heterocycles. The van der Waals surface area contributed by atoms with Crippen LogP contribution in [0, 0.1) is 38.9 Å². The van der Waals surface area contributed by atoms with Crippen LogP contribution in [0.4, 0.5) is 0 Å². The van der Waals surface area contributed by atoms with E-state index in [-0.39, 0.29) is 39.0 Å². The minimum atomic E-state index is -0.335. The van der Waals surface area contributed by atoms with E-state index in [1.54, 1.807) is 12.7 Å². The van der Waals surface area contributed by atoms with Gasteiger partial charge < -0.3 is 10.1 Å². The third-order valence-corrected chi connectivity index (χ3v) is 11.7. The second kappa shape index (κ2) is 6.85. The van der Waals surface area contributed by atoms with E-state index >= 15 is 0 Å². The molecule has 4 nitrogen and oxygen atoms in total. The highest BCUT2D eigenvalue weighted by Crippen LogP contribution is 2.73. The van der Waals surface area contributed by atoms with Crippen molar-refractivity contribution in [1.82, 2.24) is 5.32 Å². The molecule has 5 rings (SSSR count). The summed E-state index contributed by atoms with van der Waals surface area (Å²) in [7, 11) is 1.58. The zero-order chi connectivity index (χ0) is 23.2. The molecule has 0 radical (unpaired) electrons. The number of ether oxygens (including phenoxy) is 1. The molecule has 4 heteroatoms. The van der Waals surface area contributed by atoms with Gasteiger partial charge in [0, 0.05) is 12.5 Å². The van der Waals surface area contributed by atoms with Crippen molar-refractivity contribution in [2.75, 3.05) is 7.11 Å². The summed E-state index contributed by atoms with van der Waals surface area (Å²) < 4.78 is 5.45. The molecule has 0 aromatic carbocycles. The van der Waals surface area contributed by atoms with Gasteiger partial charge in [-0.3, -0.25) is 9.59 Å². The summed E-state index contributed by atoms with van der Waals surface area (Å²) in [5, 5.41) is 3.36. The number of fused-ring (bicyclic) bond motifs is 7. The van der Waals surface area contributed by atoms with Gasteiger partial charge >= 0.3 is 5.97 Å². The van der Waals surface area contributed by atoms with Crippen molar-refractivity contribution < 1.29 is 14.3 Å². The molecular formula is C28H43NO3. The molecule has 1 heterocycles. The minimum absolute atomic E-state index is 0.0267. The molecule has 178 valence electrons. The number of carbonyl (C=O) groups is 2. The lowest BCUT2D eigenvalue weighted by Gasteiger charge is -2.69. The maximum atomic E-state index is 13.3. The van der Waals surface area contributed by atoms with Gasteiger partial charge in [0.25, 0.3) is 0 Å². The van der Waals surface area contributed by atoms with Crippen LogP contribution in [0.25, 0.3) is 0 Å². The zero-order valence-corrected chi connectivity index (χ0v) is 21.1. The number of amides is 1. The zero-order valence-electron chi connectivity index (χ0n) is 21.1. The van der Waals surface area contributed by atoms with Gasteiger partial charge in [0.05, 0.1) is 12.5 Å². The summed E-state index contributed by atoms with van der Waals surface area (Å²) in [6, 6.07) is 0.312. The molecule has 7 atom stereocenters. The van der Waals surface area contributed by atoms with E-state index in [0.29, 0.717) is 24.3 Å². The van der Waals surface area contributed by atoms with Crippen molar-refractivity contribution in [2.24, 2.45) is 38.9 Å². The molecule has 3 saturated carbocycles. The van der Waals surface area contributed by atoms with Crippen LogP contribution >= 0.6 is 0 Å². The molecule has 5 aliphatic rings. The number of allylic oxidation sites excluding steroid dienone is 2. The number of esters is 1. The molecule has 0 spiro atoms. The van der Waals surface area contributed by atoms with Crippen LogP contribution in [0.3, 0.4) is 0 Å². The largest absolute Gasteiger partial charge is 0.469 e. The topological polar surface area (TPSA) is 55.4 Å². The molecule has 4 aliphatic carbocycles. The summed E-state index contributed by atoms with van der Waals surface area (Å²) in [4.78, 5) is 25.4. The van der Waals surface area contributed by atoms with E-state index in [9.17, 15) is 9.59 Å². The molecule has 4 fully saturated rings. The highest BCUT2D eigenvalue weighted by molar-refractivity contribution is 5.79. The number of hydrogen-bond donors (Lipinski definition) is 1. The van der Waals surface area contributed by atoms with E-state index < -0.39 is 0 Å². The third-order valence-electron chi connectivity index (χ3n) is 11.7. The molecule has 1 amide bonds. The average Bonchev–Trinajstić information content (AvgIpc) is 2.74. The van der Waals surface area contributed by atoms with Gasteiger partial charge in [-0.1, -0.05) is 46.3 Å². The van der Waals surface area contributed by atoms with E-state index in [0.717, 1.165) is 57.8 Å². The average molecular weight is 442 g/mol. The van der Waals surface area contributed by atoms with E-state index in [1.165, 1.54) is 0 Å². The van der Waals surface area contributed by atoms with Crippen molar-refractivity contribution in [3.8, 4) is 0 Å². The highest BCUT2D eigenvalue weighted by atomic mass is 16.5. The Morgan fingerprint density at radius 2 is 1.75 bits per heavy atom. The van der Waals surface area contributed by atoms with Gasteiger partial charge in [0.1, 0.15) is 0 Å². The van der Waals surface area contributed by atoms with Gasteiger partial charge in [-0.05, 0) is 91.3 Å². The van der Waals surface area contributed by atoms with Gasteiger partial charge in [0.2, 0.25) is 5.91 Å². The molecular weight excluding hydrogens is 398 g/mol. The SMILES string of the molecule is COC(=O)[C@]12CCC(C)(C)CC1C1=CCC3[C@@]4(C)CCC(=O)NC4CC[C@@]3(C)[C@]1(C)CC2. The van der Waals surface area contributed by atoms with Crippen LogP contribution in [0.15, 0.2) is 11.6 Å². The number of piperidine rings is 1. The highest BCUT2D eigenvalue weighted by Gasteiger charge is 2.67. The second-order valence-corrected chi connectivity index (χ2v) is 13.4. The number of carbonyl (C=O) groups excluding carboxylic acids is 2. The first-order valence-electron chi connectivity index (χ1n) is 13.0. The fraction of sp³-hybridized carbons (Fsp3) is 0.857. The second-order valence-electron chi connectivity index (χ2n) is 13.4. The lowest BCUT2D eigenvalue weighted by Crippen LogP contribution is -2.66. The smallest absolute Gasteiger partial charge is 0.312 e. The van der Waals surface area contributed by atoms with Crippen LogP contribution in [-0.4, -0.2) is 25.0 Å². The predicted molar refractivity (Wildman–Crippen MR) is 126 cm³/mol.